The molecule has 7 nitrogen and oxygen atoms in total. The van der Waals surface area contributed by atoms with Crippen molar-refractivity contribution in [3.8, 4) is 0 Å². The molecule has 1 heterocycles. The number of carbonyl (C=O) groups excluding carboxylic acids is 1. The zero-order valence-corrected chi connectivity index (χ0v) is 10.5. The quantitative estimate of drug-likeness (QED) is 0.685. The van der Waals surface area contributed by atoms with Crippen LogP contribution in [0.4, 0.5) is 15.8 Å². The fraction of sp³-hybridized carbons (Fsp3) is 0.167. The van der Waals surface area contributed by atoms with Gasteiger partial charge in [0, 0.05) is 0 Å². The van der Waals surface area contributed by atoms with Crippen LogP contribution in [-0.2, 0) is 4.79 Å². The molecule has 1 amide bonds. The highest BCUT2D eigenvalue weighted by Crippen LogP contribution is 2.17. The van der Waals surface area contributed by atoms with Crippen LogP contribution in [0, 0.1) is 15.9 Å². The Labute approximate surface area is 113 Å². The summed E-state index contributed by atoms with van der Waals surface area (Å²) in [7, 11) is 0. The second-order valence-corrected chi connectivity index (χ2v) is 4.08. The molecule has 1 unspecified atom stereocenters. The highest BCUT2D eigenvalue weighted by molar-refractivity contribution is 5.93. The second kappa shape index (κ2) is 5.47. The molecular formula is C12H11FN4O3. The van der Waals surface area contributed by atoms with Crippen LogP contribution >= 0.6 is 0 Å². The van der Waals surface area contributed by atoms with E-state index in [0.717, 1.165) is 17.1 Å². The first-order valence-corrected chi connectivity index (χ1v) is 5.73. The van der Waals surface area contributed by atoms with Gasteiger partial charge in [-0.25, -0.2) is 4.39 Å². The van der Waals surface area contributed by atoms with E-state index < -0.39 is 22.7 Å². The predicted octanol–water partition coefficient (Wildman–Crippen LogP) is 2.13. The molecule has 1 atom stereocenters. The van der Waals surface area contributed by atoms with E-state index in [4.69, 9.17) is 0 Å². The van der Waals surface area contributed by atoms with Gasteiger partial charge in [-0.15, -0.1) is 0 Å². The summed E-state index contributed by atoms with van der Waals surface area (Å²) >= 11 is 0. The number of aromatic nitrogens is 2. The summed E-state index contributed by atoms with van der Waals surface area (Å²) in [5, 5.41) is 16.7. The SMILES string of the molecule is CC(C(=O)Nc1ccccc1F)n1cc([N+](=O)[O-])cn1. The number of amides is 1. The highest BCUT2D eigenvalue weighted by atomic mass is 19.1. The largest absolute Gasteiger partial charge is 0.322 e. The van der Waals surface area contributed by atoms with Crippen molar-refractivity contribution in [1.82, 2.24) is 9.78 Å². The van der Waals surface area contributed by atoms with Crippen LogP contribution in [0.15, 0.2) is 36.7 Å². The van der Waals surface area contributed by atoms with Gasteiger partial charge in [0.05, 0.1) is 10.6 Å². The van der Waals surface area contributed by atoms with Gasteiger partial charge in [-0.2, -0.15) is 5.10 Å². The maximum absolute atomic E-state index is 13.4. The Morgan fingerprint density at radius 2 is 2.20 bits per heavy atom. The molecule has 0 bridgehead atoms. The summed E-state index contributed by atoms with van der Waals surface area (Å²) in [6, 6.07) is 4.93. The molecule has 0 spiro atoms. The summed E-state index contributed by atoms with van der Waals surface area (Å²) < 4.78 is 14.5. The number of hydrogen-bond acceptors (Lipinski definition) is 4. The lowest BCUT2D eigenvalue weighted by Crippen LogP contribution is -2.24. The van der Waals surface area contributed by atoms with Crippen molar-refractivity contribution >= 4 is 17.3 Å². The third-order valence-electron chi connectivity index (χ3n) is 2.71. The molecule has 0 aliphatic rings. The fourth-order valence-corrected chi connectivity index (χ4v) is 1.55. The minimum absolute atomic E-state index is 0.0472. The van der Waals surface area contributed by atoms with E-state index >= 15 is 0 Å². The Bertz CT molecular complexity index is 656. The number of benzene rings is 1. The van der Waals surface area contributed by atoms with Gasteiger partial charge < -0.3 is 5.32 Å². The Morgan fingerprint density at radius 1 is 1.50 bits per heavy atom. The lowest BCUT2D eigenvalue weighted by atomic mass is 10.2. The van der Waals surface area contributed by atoms with Crippen LogP contribution in [0.2, 0.25) is 0 Å². The van der Waals surface area contributed by atoms with E-state index in [9.17, 15) is 19.3 Å². The minimum atomic E-state index is -0.802. The molecule has 0 aliphatic carbocycles. The average Bonchev–Trinajstić information content (AvgIpc) is 2.90. The van der Waals surface area contributed by atoms with Crippen LogP contribution in [0.3, 0.4) is 0 Å². The number of hydrogen-bond donors (Lipinski definition) is 1. The lowest BCUT2D eigenvalue weighted by Gasteiger charge is -2.12. The third kappa shape index (κ3) is 2.79. The molecule has 1 N–H and O–H groups in total. The second-order valence-electron chi connectivity index (χ2n) is 4.08. The number of nitro groups is 1. The Balaban J connectivity index is 2.12. The number of para-hydroxylation sites is 1. The molecule has 1 aromatic heterocycles. The summed E-state index contributed by atoms with van der Waals surface area (Å²) in [5.74, 6) is -1.08. The number of nitrogens with zero attached hydrogens (tertiary/aromatic N) is 3. The fourth-order valence-electron chi connectivity index (χ4n) is 1.55. The zero-order valence-electron chi connectivity index (χ0n) is 10.5. The van der Waals surface area contributed by atoms with Gasteiger partial charge in [0.15, 0.2) is 0 Å². The predicted molar refractivity (Wildman–Crippen MR) is 68.6 cm³/mol. The third-order valence-corrected chi connectivity index (χ3v) is 2.71. The highest BCUT2D eigenvalue weighted by Gasteiger charge is 2.19. The minimum Gasteiger partial charge on any atom is -0.322 e. The van der Waals surface area contributed by atoms with Gasteiger partial charge in [0.2, 0.25) is 5.91 Å². The summed E-state index contributed by atoms with van der Waals surface area (Å²) in [6.45, 7) is 1.51. The van der Waals surface area contributed by atoms with Crippen LogP contribution in [-0.4, -0.2) is 20.6 Å². The van der Waals surface area contributed by atoms with Crippen molar-refractivity contribution in [3.05, 3.63) is 52.6 Å². The molecule has 0 fully saturated rings. The van der Waals surface area contributed by atoms with Gasteiger partial charge in [0.25, 0.3) is 0 Å². The topological polar surface area (TPSA) is 90.1 Å². The van der Waals surface area contributed by atoms with Gasteiger partial charge in [-0.3, -0.25) is 19.6 Å². The number of rotatable bonds is 4. The molecule has 0 saturated heterocycles. The molecule has 8 heteroatoms. The standard InChI is InChI=1S/C12H11FN4O3/c1-8(16-7-9(6-14-16)17(19)20)12(18)15-11-5-3-2-4-10(11)13/h2-8H,1H3,(H,15,18). The number of halogens is 1. The number of anilines is 1. The monoisotopic (exact) mass is 278 g/mol. The van der Waals surface area contributed by atoms with Crippen LogP contribution in [0.1, 0.15) is 13.0 Å². The summed E-state index contributed by atoms with van der Waals surface area (Å²) in [6.07, 6.45) is 2.19. The van der Waals surface area contributed by atoms with E-state index in [1.807, 2.05) is 0 Å². The van der Waals surface area contributed by atoms with Crippen LogP contribution in [0.5, 0.6) is 0 Å². The number of nitrogens with one attached hydrogen (secondary N) is 1. The molecule has 0 saturated carbocycles. The molecule has 20 heavy (non-hydrogen) atoms. The van der Waals surface area contributed by atoms with Gasteiger partial charge in [0.1, 0.15) is 24.3 Å². The van der Waals surface area contributed by atoms with E-state index in [2.05, 4.69) is 10.4 Å². The van der Waals surface area contributed by atoms with Gasteiger partial charge in [-0.1, -0.05) is 12.1 Å². The van der Waals surface area contributed by atoms with E-state index in [1.165, 1.54) is 25.1 Å². The maximum Gasteiger partial charge on any atom is 0.307 e. The van der Waals surface area contributed by atoms with Crippen molar-refractivity contribution < 1.29 is 14.1 Å². The van der Waals surface area contributed by atoms with Crippen molar-refractivity contribution in [3.63, 3.8) is 0 Å². The van der Waals surface area contributed by atoms with Crippen molar-refractivity contribution in [2.24, 2.45) is 0 Å². The number of carbonyl (C=O) groups is 1. The normalized spacial score (nSPS) is 11.9. The first-order chi connectivity index (χ1) is 9.49. The summed E-state index contributed by atoms with van der Waals surface area (Å²) in [5.41, 5.74) is -0.165. The van der Waals surface area contributed by atoms with Gasteiger partial charge in [-0.05, 0) is 19.1 Å². The first kappa shape index (κ1) is 13.7. The molecule has 0 aliphatic heterocycles. The van der Waals surface area contributed by atoms with Crippen LogP contribution < -0.4 is 5.32 Å². The van der Waals surface area contributed by atoms with Crippen molar-refractivity contribution in [2.45, 2.75) is 13.0 Å². The van der Waals surface area contributed by atoms with E-state index in [-0.39, 0.29) is 11.4 Å². The molecule has 104 valence electrons. The maximum atomic E-state index is 13.4. The summed E-state index contributed by atoms with van der Waals surface area (Å²) in [4.78, 5) is 21.9. The lowest BCUT2D eigenvalue weighted by molar-refractivity contribution is -0.385. The smallest absolute Gasteiger partial charge is 0.307 e. The Hall–Kier alpha value is -2.77. The Morgan fingerprint density at radius 3 is 2.80 bits per heavy atom. The van der Waals surface area contributed by atoms with Gasteiger partial charge >= 0.3 is 5.69 Å². The van der Waals surface area contributed by atoms with E-state index in [0.29, 0.717) is 0 Å². The molecule has 0 radical (unpaired) electrons. The molecule has 1 aromatic carbocycles. The molecule has 2 rings (SSSR count). The molecule has 2 aromatic rings. The van der Waals surface area contributed by atoms with Crippen LogP contribution in [0.25, 0.3) is 0 Å². The molecular weight excluding hydrogens is 267 g/mol. The zero-order chi connectivity index (χ0) is 14.7. The van der Waals surface area contributed by atoms with Crippen molar-refractivity contribution in [1.29, 1.82) is 0 Å². The average molecular weight is 278 g/mol. The van der Waals surface area contributed by atoms with Crippen molar-refractivity contribution in [2.75, 3.05) is 5.32 Å². The Kier molecular flexibility index (Phi) is 3.74. The first-order valence-electron chi connectivity index (χ1n) is 5.73. The van der Waals surface area contributed by atoms with E-state index in [1.54, 1.807) is 6.07 Å².